The van der Waals surface area contributed by atoms with Gasteiger partial charge in [-0.25, -0.2) is 17.5 Å². The van der Waals surface area contributed by atoms with Crippen LogP contribution in [-0.2, 0) is 10.0 Å². The highest BCUT2D eigenvalue weighted by molar-refractivity contribution is 7.89. The van der Waals surface area contributed by atoms with Crippen molar-refractivity contribution in [1.29, 1.82) is 0 Å². The fourth-order valence-corrected chi connectivity index (χ4v) is 5.56. The van der Waals surface area contributed by atoms with E-state index in [2.05, 4.69) is 16.7 Å². The monoisotopic (exact) mass is 503 g/mol. The molecule has 1 saturated heterocycles. The van der Waals surface area contributed by atoms with Crippen molar-refractivity contribution in [2.24, 2.45) is 0 Å². The lowest BCUT2D eigenvalue weighted by Gasteiger charge is -2.31. The second-order valence-electron chi connectivity index (χ2n) is 9.08. The number of anilines is 1. The summed E-state index contributed by atoms with van der Waals surface area (Å²) in [6.07, 6.45) is 4.24. The van der Waals surface area contributed by atoms with E-state index in [1.165, 1.54) is 33.0 Å². The number of sulfonamides is 1. The molecule has 192 valence electrons. The minimum atomic E-state index is -3.95. The Morgan fingerprint density at radius 2 is 1.83 bits per heavy atom. The fraction of sp³-hybridized carbons (Fsp3) is 0.500. The van der Waals surface area contributed by atoms with Crippen LogP contribution in [0, 0.1) is 0 Å². The molecule has 3 rings (SSSR count). The van der Waals surface area contributed by atoms with E-state index in [9.17, 15) is 18.3 Å². The number of nitrogens with zero attached hydrogens (tertiary/aromatic N) is 3. The van der Waals surface area contributed by atoms with E-state index in [0.29, 0.717) is 35.7 Å². The van der Waals surface area contributed by atoms with Crippen LogP contribution in [0.3, 0.4) is 0 Å². The number of methoxy groups -OCH3 is 1. The maximum atomic E-state index is 13.5. The minimum Gasteiger partial charge on any atom is -0.497 e. The van der Waals surface area contributed by atoms with Gasteiger partial charge in [0.1, 0.15) is 5.75 Å². The van der Waals surface area contributed by atoms with Crippen LogP contribution >= 0.6 is 0 Å². The van der Waals surface area contributed by atoms with Gasteiger partial charge in [0.15, 0.2) is 0 Å². The highest BCUT2D eigenvalue weighted by atomic mass is 32.2. The van der Waals surface area contributed by atoms with Crippen LogP contribution in [0.25, 0.3) is 11.1 Å². The molecule has 1 fully saturated rings. The molecule has 9 heteroatoms. The lowest BCUT2D eigenvalue weighted by atomic mass is 9.99. The van der Waals surface area contributed by atoms with E-state index in [4.69, 9.17) is 4.74 Å². The predicted octanol–water partition coefficient (Wildman–Crippen LogP) is 4.01. The molecule has 2 aromatic rings. The van der Waals surface area contributed by atoms with E-state index in [1.807, 2.05) is 12.1 Å². The van der Waals surface area contributed by atoms with Crippen LogP contribution in [0.4, 0.5) is 5.69 Å². The number of rotatable bonds is 12. The van der Waals surface area contributed by atoms with E-state index < -0.39 is 16.0 Å². The summed E-state index contributed by atoms with van der Waals surface area (Å²) in [6, 6.07) is 10.1. The second kappa shape index (κ2) is 11.9. The Bertz CT molecular complexity index is 1130. The second-order valence-corrected chi connectivity index (χ2v) is 11.2. The molecule has 0 amide bonds. The molecule has 1 heterocycles. The van der Waals surface area contributed by atoms with Gasteiger partial charge in [-0.05, 0) is 62.2 Å². The number of hydrogen-bond acceptors (Lipinski definition) is 6. The first-order valence-corrected chi connectivity index (χ1v) is 13.6. The maximum Gasteiger partial charge on any atom is 0.335 e. The molecule has 0 atom stereocenters. The van der Waals surface area contributed by atoms with Crippen molar-refractivity contribution >= 4 is 21.7 Å². The summed E-state index contributed by atoms with van der Waals surface area (Å²) in [7, 11) is 0.535. The normalized spacial score (nSPS) is 14.4. The van der Waals surface area contributed by atoms with Crippen LogP contribution in [0.15, 0.2) is 41.3 Å². The van der Waals surface area contributed by atoms with Gasteiger partial charge < -0.3 is 19.6 Å². The van der Waals surface area contributed by atoms with Gasteiger partial charge in [0, 0.05) is 45.0 Å². The minimum absolute atomic E-state index is 0.0201. The Hall–Kier alpha value is -2.62. The number of aromatic carboxylic acids is 1. The van der Waals surface area contributed by atoms with E-state index in [1.54, 1.807) is 25.3 Å². The van der Waals surface area contributed by atoms with Crippen molar-refractivity contribution in [1.82, 2.24) is 9.21 Å². The third-order valence-corrected chi connectivity index (χ3v) is 8.29. The van der Waals surface area contributed by atoms with E-state index >= 15 is 0 Å². The Kier molecular flexibility index (Phi) is 9.15. The van der Waals surface area contributed by atoms with Crippen molar-refractivity contribution in [2.45, 2.75) is 37.5 Å². The number of likely N-dealkylation sites (tertiary alicyclic amines) is 1. The number of ether oxygens (including phenoxy) is 1. The van der Waals surface area contributed by atoms with Gasteiger partial charge in [0.25, 0.3) is 0 Å². The van der Waals surface area contributed by atoms with Crippen molar-refractivity contribution in [3.05, 3.63) is 42.0 Å². The molecular formula is C26H37N3O5S. The average Bonchev–Trinajstić information content (AvgIpc) is 3.37. The summed E-state index contributed by atoms with van der Waals surface area (Å²) < 4.78 is 33.5. The number of benzene rings is 2. The Morgan fingerprint density at radius 1 is 1.11 bits per heavy atom. The molecule has 0 aromatic heterocycles. The van der Waals surface area contributed by atoms with Crippen molar-refractivity contribution < 1.29 is 23.1 Å². The number of hydrogen-bond donors (Lipinski definition) is 1. The van der Waals surface area contributed by atoms with Crippen LogP contribution in [0.1, 0.15) is 43.0 Å². The third-order valence-electron chi connectivity index (χ3n) is 6.45. The predicted molar refractivity (Wildman–Crippen MR) is 139 cm³/mol. The molecule has 1 aliphatic rings. The fourth-order valence-electron chi connectivity index (χ4n) is 4.41. The van der Waals surface area contributed by atoms with Crippen LogP contribution in [-0.4, -0.2) is 82.6 Å². The van der Waals surface area contributed by atoms with Crippen molar-refractivity contribution in [2.75, 3.05) is 58.8 Å². The summed E-state index contributed by atoms with van der Waals surface area (Å²) in [5, 5.41) is 9.89. The van der Waals surface area contributed by atoms with Gasteiger partial charge in [-0.2, -0.15) is 0 Å². The summed E-state index contributed by atoms with van der Waals surface area (Å²) in [5.74, 6) is -0.560. The number of unbranched alkanes of at least 4 members (excludes halogenated alkanes) is 1. The molecule has 0 aliphatic carbocycles. The first kappa shape index (κ1) is 27.0. The molecule has 35 heavy (non-hydrogen) atoms. The van der Waals surface area contributed by atoms with Crippen molar-refractivity contribution in [3.8, 4) is 16.9 Å². The molecule has 0 spiro atoms. The number of carboxylic acids is 1. The van der Waals surface area contributed by atoms with Gasteiger partial charge in [-0.1, -0.05) is 25.5 Å². The largest absolute Gasteiger partial charge is 0.497 e. The zero-order chi connectivity index (χ0) is 25.6. The Balaban J connectivity index is 2.27. The molecule has 0 radical (unpaired) electrons. The first-order valence-electron chi connectivity index (χ1n) is 12.1. The SMILES string of the molecule is CCCCN(CCN1CCCC1)c1cc(C(=O)O)cc(S(=O)(=O)N(C)C)c1-c1cccc(OC)c1. The van der Waals surface area contributed by atoms with E-state index in [-0.39, 0.29) is 10.5 Å². The quantitative estimate of drug-likeness (QED) is 0.468. The molecule has 0 saturated carbocycles. The van der Waals surface area contributed by atoms with Gasteiger partial charge in [0.2, 0.25) is 10.0 Å². The summed E-state index contributed by atoms with van der Waals surface area (Å²) in [4.78, 5) is 16.6. The van der Waals surface area contributed by atoms with E-state index in [0.717, 1.165) is 36.8 Å². The smallest absolute Gasteiger partial charge is 0.335 e. The molecule has 1 aliphatic heterocycles. The molecule has 1 N–H and O–H groups in total. The number of carboxylic acid groups (broad SMARTS) is 1. The zero-order valence-corrected chi connectivity index (χ0v) is 22.0. The summed E-state index contributed by atoms with van der Waals surface area (Å²) >= 11 is 0. The molecule has 0 bridgehead atoms. The lowest BCUT2D eigenvalue weighted by molar-refractivity contribution is 0.0696. The van der Waals surface area contributed by atoms with Crippen LogP contribution in [0.5, 0.6) is 5.75 Å². The first-order chi connectivity index (χ1) is 16.7. The highest BCUT2D eigenvalue weighted by Crippen LogP contribution is 2.40. The molecule has 0 unspecified atom stereocenters. The molecular weight excluding hydrogens is 466 g/mol. The summed E-state index contributed by atoms with van der Waals surface area (Å²) in [6.45, 7) is 6.44. The Morgan fingerprint density at radius 3 is 2.43 bits per heavy atom. The average molecular weight is 504 g/mol. The van der Waals surface area contributed by atoms with Crippen molar-refractivity contribution in [3.63, 3.8) is 0 Å². The number of carbonyl (C=O) groups is 1. The van der Waals surface area contributed by atoms with Crippen LogP contribution < -0.4 is 9.64 Å². The van der Waals surface area contributed by atoms with Gasteiger partial charge in [0.05, 0.1) is 17.6 Å². The zero-order valence-electron chi connectivity index (χ0n) is 21.2. The standard InChI is InChI=1S/C26H37N3O5S/c1-5-6-14-29(16-15-28-12-7-8-13-28)23-18-21(26(30)31)19-24(35(32,33)27(2)3)25(23)20-10-9-11-22(17-20)34-4/h9-11,17-19H,5-8,12-16H2,1-4H3,(H,30,31). The Labute approximate surface area is 209 Å². The third kappa shape index (κ3) is 6.34. The van der Waals surface area contributed by atoms with Gasteiger partial charge in [-0.3, -0.25) is 0 Å². The topological polar surface area (TPSA) is 90.4 Å². The molecule has 2 aromatic carbocycles. The summed E-state index contributed by atoms with van der Waals surface area (Å²) in [5.41, 5.74) is 1.74. The maximum absolute atomic E-state index is 13.5. The van der Waals surface area contributed by atoms with Gasteiger partial charge in [-0.15, -0.1) is 0 Å². The van der Waals surface area contributed by atoms with Crippen LogP contribution in [0.2, 0.25) is 0 Å². The molecule has 8 nitrogen and oxygen atoms in total. The lowest BCUT2D eigenvalue weighted by Crippen LogP contribution is -2.35. The highest BCUT2D eigenvalue weighted by Gasteiger charge is 2.29. The van der Waals surface area contributed by atoms with Gasteiger partial charge >= 0.3 is 5.97 Å².